The molecule has 2 aliphatic rings. The predicted octanol–water partition coefficient (Wildman–Crippen LogP) is 2.16. The fraction of sp³-hybridized carbons (Fsp3) is 0.625. The number of methoxy groups -OCH3 is 1. The molecule has 0 saturated carbocycles. The van der Waals surface area contributed by atoms with E-state index >= 15 is 0 Å². The van der Waals surface area contributed by atoms with Crippen LogP contribution in [0.1, 0.15) is 23.6 Å². The molecule has 0 amide bonds. The van der Waals surface area contributed by atoms with Crippen molar-refractivity contribution in [2.75, 3.05) is 40.0 Å². The van der Waals surface area contributed by atoms with Gasteiger partial charge in [-0.1, -0.05) is 12.1 Å². The Bertz CT molecular complexity index is 464. The first-order chi connectivity index (χ1) is 9.81. The molecule has 0 radical (unpaired) electrons. The standard InChI is InChI=1S/C16H24N2O2.ClH/c1-12-13(4-3-5-15(12)19-2)16-14(6-7-17-16)18-8-10-20-11-9-18;/h3-5,14,16-17H,6-11H2,1-2H3;1H/t14-,16-;/m0./s1. The summed E-state index contributed by atoms with van der Waals surface area (Å²) < 4.78 is 10.9. The Morgan fingerprint density at radius 3 is 2.76 bits per heavy atom. The van der Waals surface area contributed by atoms with Crippen LogP contribution in [-0.2, 0) is 4.74 Å². The first-order valence-electron chi connectivity index (χ1n) is 7.50. The number of nitrogens with one attached hydrogen (secondary N) is 1. The van der Waals surface area contributed by atoms with Gasteiger partial charge in [0.05, 0.1) is 20.3 Å². The van der Waals surface area contributed by atoms with Gasteiger partial charge in [0.2, 0.25) is 0 Å². The van der Waals surface area contributed by atoms with Crippen LogP contribution < -0.4 is 10.1 Å². The molecule has 0 aromatic heterocycles. The molecule has 5 heteroatoms. The van der Waals surface area contributed by atoms with Crippen LogP contribution in [-0.4, -0.2) is 50.9 Å². The molecule has 2 heterocycles. The summed E-state index contributed by atoms with van der Waals surface area (Å²) >= 11 is 0. The van der Waals surface area contributed by atoms with E-state index < -0.39 is 0 Å². The molecule has 0 unspecified atom stereocenters. The molecule has 2 saturated heterocycles. The molecule has 2 aliphatic heterocycles. The summed E-state index contributed by atoms with van der Waals surface area (Å²) in [5.74, 6) is 0.983. The Hall–Kier alpha value is -0.810. The minimum absolute atomic E-state index is 0. The summed E-state index contributed by atoms with van der Waals surface area (Å²) in [6.07, 6.45) is 1.21. The number of benzene rings is 1. The second kappa shape index (κ2) is 7.45. The first-order valence-corrected chi connectivity index (χ1v) is 7.50. The van der Waals surface area contributed by atoms with Crippen LogP contribution in [0.25, 0.3) is 0 Å². The van der Waals surface area contributed by atoms with Gasteiger partial charge in [-0.15, -0.1) is 12.4 Å². The van der Waals surface area contributed by atoms with E-state index in [1.54, 1.807) is 7.11 Å². The third-order valence-electron chi connectivity index (χ3n) is 4.58. The zero-order valence-corrected chi connectivity index (χ0v) is 13.6. The molecule has 4 nitrogen and oxygen atoms in total. The van der Waals surface area contributed by atoms with Gasteiger partial charge in [0.15, 0.2) is 0 Å². The van der Waals surface area contributed by atoms with Crippen LogP contribution in [0.5, 0.6) is 5.75 Å². The Kier molecular flexibility index (Phi) is 5.88. The zero-order valence-electron chi connectivity index (χ0n) is 12.8. The fourth-order valence-corrected chi connectivity index (χ4v) is 3.50. The molecule has 0 aliphatic carbocycles. The monoisotopic (exact) mass is 312 g/mol. The van der Waals surface area contributed by atoms with Crippen molar-refractivity contribution in [1.82, 2.24) is 10.2 Å². The highest BCUT2D eigenvalue weighted by atomic mass is 35.5. The molecule has 2 fully saturated rings. The smallest absolute Gasteiger partial charge is 0.122 e. The SMILES string of the molecule is COc1cccc([C@@H]2NCC[C@@H]2N2CCOCC2)c1C.Cl. The van der Waals surface area contributed by atoms with Gasteiger partial charge < -0.3 is 14.8 Å². The normalized spacial score (nSPS) is 26.4. The van der Waals surface area contributed by atoms with Gasteiger partial charge in [0.1, 0.15) is 5.75 Å². The Balaban J connectivity index is 0.00000161. The van der Waals surface area contributed by atoms with Crippen molar-refractivity contribution in [2.24, 2.45) is 0 Å². The quantitative estimate of drug-likeness (QED) is 0.927. The van der Waals surface area contributed by atoms with Crippen molar-refractivity contribution in [3.63, 3.8) is 0 Å². The number of ether oxygens (including phenoxy) is 2. The van der Waals surface area contributed by atoms with Crippen LogP contribution in [0.2, 0.25) is 0 Å². The molecule has 1 aromatic rings. The number of hydrogen-bond acceptors (Lipinski definition) is 4. The lowest BCUT2D eigenvalue weighted by Gasteiger charge is -2.36. The minimum atomic E-state index is 0. The van der Waals surface area contributed by atoms with E-state index in [4.69, 9.17) is 9.47 Å². The van der Waals surface area contributed by atoms with Gasteiger partial charge in [-0.2, -0.15) is 0 Å². The van der Waals surface area contributed by atoms with Gasteiger partial charge >= 0.3 is 0 Å². The molecule has 21 heavy (non-hydrogen) atoms. The molecular weight excluding hydrogens is 288 g/mol. The summed E-state index contributed by atoms with van der Waals surface area (Å²) in [6, 6.07) is 7.34. The van der Waals surface area contributed by atoms with Gasteiger partial charge in [0.25, 0.3) is 0 Å². The van der Waals surface area contributed by atoms with E-state index in [1.807, 2.05) is 6.07 Å². The van der Waals surface area contributed by atoms with Crippen LogP contribution in [0.3, 0.4) is 0 Å². The lowest BCUT2D eigenvalue weighted by atomic mass is 9.95. The van der Waals surface area contributed by atoms with E-state index in [0.717, 1.165) is 38.6 Å². The molecule has 3 rings (SSSR count). The van der Waals surface area contributed by atoms with Crippen LogP contribution in [0.4, 0.5) is 0 Å². The maximum absolute atomic E-state index is 5.48. The summed E-state index contributed by atoms with van der Waals surface area (Å²) in [6.45, 7) is 7.06. The van der Waals surface area contributed by atoms with Crippen LogP contribution >= 0.6 is 12.4 Å². The van der Waals surface area contributed by atoms with E-state index in [-0.39, 0.29) is 12.4 Å². The Labute approximate surface area is 133 Å². The molecule has 0 bridgehead atoms. The molecule has 1 N–H and O–H groups in total. The molecule has 1 aromatic carbocycles. The van der Waals surface area contributed by atoms with Gasteiger partial charge in [-0.3, -0.25) is 4.90 Å². The van der Waals surface area contributed by atoms with Gasteiger partial charge in [0, 0.05) is 25.2 Å². The van der Waals surface area contributed by atoms with E-state index in [9.17, 15) is 0 Å². The van der Waals surface area contributed by atoms with E-state index in [2.05, 4.69) is 29.3 Å². The number of hydrogen-bond donors (Lipinski definition) is 1. The summed E-state index contributed by atoms with van der Waals surface area (Å²) in [5.41, 5.74) is 2.63. The van der Waals surface area contributed by atoms with Crippen molar-refractivity contribution in [1.29, 1.82) is 0 Å². The van der Waals surface area contributed by atoms with Crippen molar-refractivity contribution < 1.29 is 9.47 Å². The molecule has 2 atom stereocenters. The second-order valence-electron chi connectivity index (χ2n) is 5.61. The van der Waals surface area contributed by atoms with Crippen LogP contribution in [0, 0.1) is 6.92 Å². The second-order valence-corrected chi connectivity index (χ2v) is 5.61. The maximum atomic E-state index is 5.48. The zero-order chi connectivity index (χ0) is 13.9. The highest BCUT2D eigenvalue weighted by Crippen LogP contribution is 2.33. The summed E-state index contributed by atoms with van der Waals surface area (Å²) in [7, 11) is 1.74. The maximum Gasteiger partial charge on any atom is 0.122 e. The summed E-state index contributed by atoms with van der Waals surface area (Å²) in [4.78, 5) is 2.58. The number of morpholine rings is 1. The average molecular weight is 313 g/mol. The van der Waals surface area contributed by atoms with E-state index in [1.165, 1.54) is 17.5 Å². The van der Waals surface area contributed by atoms with Crippen molar-refractivity contribution in [3.05, 3.63) is 29.3 Å². The Morgan fingerprint density at radius 1 is 1.29 bits per heavy atom. The first kappa shape index (κ1) is 16.6. The highest BCUT2D eigenvalue weighted by Gasteiger charge is 2.34. The number of nitrogens with zero attached hydrogens (tertiary/aromatic N) is 1. The third-order valence-corrected chi connectivity index (χ3v) is 4.58. The number of rotatable bonds is 3. The molecule has 118 valence electrons. The Morgan fingerprint density at radius 2 is 2.05 bits per heavy atom. The van der Waals surface area contributed by atoms with E-state index in [0.29, 0.717) is 12.1 Å². The lowest BCUT2D eigenvalue weighted by Crippen LogP contribution is -2.45. The lowest BCUT2D eigenvalue weighted by molar-refractivity contribution is 0.0138. The highest BCUT2D eigenvalue weighted by molar-refractivity contribution is 5.85. The average Bonchev–Trinajstić information content (AvgIpc) is 2.97. The van der Waals surface area contributed by atoms with Gasteiger partial charge in [-0.05, 0) is 37.1 Å². The van der Waals surface area contributed by atoms with Crippen molar-refractivity contribution in [3.8, 4) is 5.75 Å². The predicted molar refractivity (Wildman–Crippen MR) is 86.5 cm³/mol. The number of halogens is 1. The van der Waals surface area contributed by atoms with Crippen LogP contribution in [0.15, 0.2) is 18.2 Å². The van der Waals surface area contributed by atoms with Gasteiger partial charge in [-0.25, -0.2) is 0 Å². The van der Waals surface area contributed by atoms with Crippen molar-refractivity contribution in [2.45, 2.75) is 25.4 Å². The van der Waals surface area contributed by atoms with Crippen molar-refractivity contribution >= 4 is 12.4 Å². The fourth-order valence-electron chi connectivity index (χ4n) is 3.50. The topological polar surface area (TPSA) is 33.7 Å². The largest absolute Gasteiger partial charge is 0.496 e. The minimum Gasteiger partial charge on any atom is -0.496 e. The molecular formula is C16H25ClN2O2. The molecule has 0 spiro atoms. The summed E-state index contributed by atoms with van der Waals surface area (Å²) in [5, 5.41) is 3.67. The third kappa shape index (κ3) is 3.34.